The number of nitrogens with two attached hydrogens (primary N) is 1. The van der Waals surface area contributed by atoms with Gasteiger partial charge >= 0.3 is 5.97 Å². The molecule has 1 aromatic carbocycles. The van der Waals surface area contributed by atoms with Crippen molar-refractivity contribution in [3.05, 3.63) is 23.8 Å². The lowest BCUT2D eigenvalue weighted by atomic mass is 9.95. The van der Waals surface area contributed by atoms with E-state index < -0.39 is 16.0 Å². The molecule has 0 amide bonds. The summed E-state index contributed by atoms with van der Waals surface area (Å²) in [6.07, 6.45) is 2.85. The first kappa shape index (κ1) is 22.5. The van der Waals surface area contributed by atoms with E-state index in [1.165, 1.54) is 10.6 Å². The summed E-state index contributed by atoms with van der Waals surface area (Å²) in [4.78, 5) is 13.3. The molecule has 0 radical (unpaired) electrons. The Morgan fingerprint density at radius 3 is 2.36 bits per heavy atom. The molecule has 1 heterocycles. The first-order chi connectivity index (χ1) is 13.0. The van der Waals surface area contributed by atoms with Crippen LogP contribution in [0.2, 0.25) is 0 Å². The molecule has 7 nitrogen and oxygen atoms in total. The highest BCUT2D eigenvalue weighted by atomic mass is 32.2. The predicted octanol–water partition coefficient (Wildman–Crippen LogP) is 2.73. The number of aliphatic carboxylic acids is 1. The maximum atomic E-state index is 11.8. The van der Waals surface area contributed by atoms with Crippen LogP contribution in [-0.2, 0) is 14.8 Å². The fraction of sp³-hybridized carbons (Fsp3) is 0.650. The average molecular weight is 412 g/mol. The van der Waals surface area contributed by atoms with Gasteiger partial charge in [-0.25, -0.2) is 12.7 Å². The number of carbonyl (C=O) groups is 1. The van der Waals surface area contributed by atoms with Gasteiger partial charge < -0.3 is 15.7 Å². The van der Waals surface area contributed by atoms with Crippen molar-refractivity contribution in [2.45, 2.75) is 52.0 Å². The molecular weight excluding hydrogens is 378 g/mol. The Bertz CT molecular complexity index is 787. The van der Waals surface area contributed by atoms with Gasteiger partial charge in [0.2, 0.25) is 10.0 Å². The molecule has 0 aliphatic carbocycles. The van der Waals surface area contributed by atoms with Crippen LogP contribution in [0.15, 0.2) is 18.2 Å². The summed E-state index contributed by atoms with van der Waals surface area (Å²) in [5.41, 5.74) is 8.87. The van der Waals surface area contributed by atoms with Crippen molar-refractivity contribution >= 4 is 27.4 Å². The summed E-state index contributed by atoms with van der Waals surface area (Å²) < 4.78 is 25.1. The van der Waals surface area contributed by atoms with Gasteiger partial charge in [0.25, 0.3) is 0 Å². The molecule has 158 valence electrons. The van der Waals surface area contributed by atoms with E-state index in [0.717, 1.165) is 30.6 Å². The minimum Gasteiger partial charge on any atom is -0.481 e. The quantitative estimate of drug-likeness (QED) is 0.638. The zero-order chi connectivity index (χ0) is 21.1. The molecule has 2 rings (SSSR count). The SMILES string of the molecule is CC(C)CN(c1ccc(C(C)CC(=O)O)cc1N)C1CCN(S(C)(=O)=O)CC1. The van der Waals surface area contributed by atoms with Crippen molar-refractivity contribution in [1.82, 2.24) is 4.31 Å². The number of rotatable bonds is 8. The van der Waals surface area contributed by atoms with Crippen LogP contribution in [0, 0.1) is 5.92 Å². The summed E-state index contributed by atoms with van der Waals surface area (Å²) in [5, 5.41) is 9.02. The van der Waals surface area contributed by atoms with Crippen molar-refractivity contribution < 1.29 is 18.3 Å². The van der Waals surface area contributed by atoms with E-state index in [1.807, 2.05) is 25.1 Å². The second-order valence-electron chi connectivity index (χ2n) is 8.26. The molecule has 1 saturated heterocycles. The van der Waals surface area contributed by atoms with E-state index in [9.17, 15) is 13.2 Å². The smallest absolute Gasteiger partial charge is 0.303 e. The summed E-state index contributed by atoms with van der Waals surface area (Å²) in [6.45, 7) is 8.06. The number of hydrogen-bond donors (Lipinski definition) is 2. The van der Waals surface area contributed by atoms with Crippen LogP contribution in [-0.4, -0.2) is 55.7 Å². The number of nitrogens with zero attached hydrogens (tertiary/aromatic N) is 2. The first-order valence-electron chi connectivity index (χ1n) is 9.82. The number of carboxylic acid groups (broad SMARTS) is 1. The fourth-order valence-corrected chi connectivity index (χ4v) is 4.72. The van der Waals surface area contributed by atoms with Gasteiger partial charge in [0.1, 0.15) is 0 Å². The summed E-state index contributed by atoms with van der Waals surface area (Å²) in [5.74, 6) is -0.502. The Kier molecular flexibility index (Phi) is 7.33. The number of anilines is 2. The lowest BCUT2D eigenvalue weighted by molar-refractivity contribution is -0.137. The Morgan fingerprint density at radius 2 is 1.89 bits per heavy atom. The highest BCUT2D eigenvalue weighted by Gasteiger charge is 2.30. The van der Waals surface area contributed by atoms with Crippen LogP contribution in [0.1, 0.15) is 51.5 Å². The van der Waals surface area contributed by atoms with E-state index in [1.54, 1.807) is 0 Å². The van der Waals surface area contributed by atoms with E-state index in [0.29, 0.717) is 24.7 Å². The molecule has 1 aliphatic heterocycles. The average Bonchev–Trinajstić information content (AvgIpc) is 2.58. The number of benzene rings is 1. The van der Waals surface area contributed by atoms with Crippen LogP contribution in [0.4, 0.5) is 11.4 Å². The predicted molar refractivity (Wildman–Crippen MR) is 113 cm³/mol. The van der Waals surface area contributed by atoms with Gasteiger partial charge in [-0.2, -0.15) is 0 Å². The van der Waals surface area contributed by atoms with Gasteiger partial charge in [0.15, 0.2) is 0 Å². The van der Waals surface area contributed by atoms with E-state index >= 15 is 0 Å². The van der Waals surface area contributed by atoms with Crippen LogP contribution in [0.25, 0.3) is 0 Å². The number of hydrogen-bond acceptors (Lipinski definition) is 5. The summed E-state index contributed by atoms with van der Waals surface area (Å²) >= 11 is 0. The molecule has 0 bridgehead atoms. The first-order valence-corrected chi connectivity index (χ1v) is 11.7. The third kappa shape index (κ3) is 5.85. The van der Waals surface area contributed by atoms with Crippen molar-refractivity contribution in [2.24, 2.45) is 5.92 Å². The largest absolute Gasteiger partial charge is 0.481 e. The molecule has 0 saturated carbocycles. The molecule has 1 aliphatic rings. The molecule has 0 aromatic heterocycles. The fourth-order valence-electron chi connectivity index (χ4n) is 3.84. The van der Waals surface area contributed by atoms with Gasteiger partial charge in [-0.15, -0.1) is 0 Å². The van der Waals surface area contributed by atoms with Gasteiger partial charge in [0, 0.05) is 25.7 Å². The maximum Gasteiger partial charge on any atom is 0.303 e. The molecule has 1 fully saturated rings. The Balaban J connectivity index is 2.23. The lowest BCUT2D eigenvalue weighted by Crippen LogP contribution is -2.47. The minimum absolute atomic E-state index is 0.0679. The molecular formula is C20H33N3O4S. The normalized spacial score (nSPS) is 17.6. The Morgan fingerprint density at radius 1 is 1.29 bits per heavy atom. The summed E-state index contributed by atoms with van der Waals surface area (Å²) in [6, 6.07) is 6.04. The van der Waals surface area contributed by atoms with Crippen LogP contribution < -0.4 is 10.6 Å². The van der Waals surface area contributed by atoms with Crippen LogP contribution >= 0.6 is 0 Å². The maximum absolute atomic E-state index is 11.8. The zero-order valence-electron chi connectivity index (χ0n) is 17.3. The monoisotopic (exact) mass is 411 g/mol. The Hall–Kier alpha value is -1.80. The molecule has 1 aromatic rings. The van der Waals surface area contributed by atoms with Crippen molar-refractivity contribution in [3.8, 4) is 0 Å². The second-order valence-corrected chi connectivity index (χ2v) is 10.2. The third-order valence-corrected chi connectivity index (χ3v) is 6.61. The molecule has 8 heteroatoms. The van der Waals surface area contributed by atoms with Crippen molar-refractivity contribution in [3.63, 3.8) is 0 Å². The van der Waals surface area contributed by atoms with E-state index in [2.05, 4.69) is 18.7 Å². The third-order valence-electron chi connectivity index (χ3n) is 5.31. The minimum atomic E-state index is -3.15. The highest BCUT2D eigenvalue weighted by Crippen LogP contribution is 2.33. The molecule has 1 atom stereocenters. The van der Waals surface area contributed by atoms with Gasteiger partial charge in [-0.1, -0.05) is 26.8 Å². The molecule has 28 heavy (non-hydrogen) atoms. The van der Waals surface area contributed by atoms with Gasteiger partial charge in [0.05, 0.1) is 24.1 Å². The Labute approximate surface area is 168 Å². The topological polar surface area (TPSA) is 104 Å². The lowest BCUT2D eigenvalue weighted by Gasteiger charge is -2.40. The standard InChI is InChI=1S/C20H33N3O4S/c1-14(2)13-23(17-7-9-22(10-8-17)28(4,26)27)19-6-5-16(12-18(19)21)15(3)11-20(24)25/h5-6,12,14-15,17H,7-11,13,21H2,1-4H3,(H,24,25). The zero-order valence-corrected chi connectivity index (χ0v) is 18.1. The highest BCUT2D eigenvalue weighted by molar-refractivity contribution is 7.88. The van der Waals surface area contributed by atoms with Crippen LogP contribution in [0.3, 0.4) is 0 Å². The van der Waals surface area contributed by atoms with E-state index in [4.69, 9.17) is 10.8 Å². The molecule has 3 N–H and O–H groups in total. The summed E-state index contributed by atoms with van der Waals surface area (Å²) in [7, 11) is -3.15. The van der Waals surface area contributed by atoms with Crippen molar-refractivity contribution in [1.29, 1.82) is 0 Å². The van der Waals surface area contributed by atoms with E-state index in [-0.39, 0.29) is 18.4 Å². The number of piperidine rings is 1. The number of carboxylic acids is 1. The van der Waals surface area contributed by atoms with Gasteiger partial charge in [-0.05, 0) is 42.4 Å². The van der Waals surface area contributed by atoms with Crippen LogP contribution in [0.5, 0.6) is 0 Å². The number of nitrogen functional groups attached to an aromatic ring is 1. The number of sulfonamides is 1. The van der Waals surface area contributed by atoms with Gasteiger partial charge in [-0.3, -0.25) is 4.79 Å². The molecule has 1 unspecified atom stereocenters. The second kappa shape index (κ2) is 9.13. The van der Waals surface area contributed by atoms with Crippen molar-refractivity contribution in [2.75, 3.05) is 36.5 Å². The molecule has 0 spiro atoms.